The highest BCUT2D eigenvalue weighted by Crippen LogP contribution is 2.18. The summed E-state index contributed by atoms with van der Waals surface area (Å²) in [7, 11) is 0. The van der Waals surface area contributed by atoms with Crippen LogP contribution in [0.2, 0.25) is 0 Å². The zero-order valence-electron chi connectivity index (χ0n) is 10.9. The Bertz CT molecular complexity index is 553. The molecule has 0 aliphatic carbocycles. The van der Waals surface area contributed by atoms with E-state index in [0.29, 0.717) is 12.1 Å². The fourth-order valence-electron chi connectivity index (χ4n) is 1.88. The Morgan fingerprint density at radius 2 is 2.16 bits per heavy atom. The minimum Gasteiger partial charge on any atom is -0.317 e. The van der Waals surface area contributed by atoms with Gasteiger partial charge in [0.2, 0.25) is 0 Å². The average molecular weight is 266 g/mol. The number of rotatable bonds is 5. The van der Waals surface area contributed by atoms with Crippen molar-refractivity contribution >= 4 is 0 Å². The summed E-state index contributed by atoms with van der Waals surface area (Å²) in [6.07, 6.45) is 1.64. The van der Waals surface area contributed by atoms with Gasteiger partial charge in [0.1, 0.15) is 23.8 Å². The molecule has 1 aromatic heterocycles. The van der Waals surface area contributed by atoms with Crippen molar-refractivity contribution in [2.75, 3.05) is 0 Å². The molecule has 0 amide bonds. The van der Waals surface area contributed by atoms with Crippen molar-refractivity contribution in [2.45, 2.75) is 33.0 Å². The Labute approximate surface area is 110 Å². The van der Waals surface area contributed by atoms with Crippen LogP contribution in [0.15, 0.2) is 24.5 Å². The Morgan fingerprint density at radius 1 is 1.37 bits per heavy atom. The fraction of sp³-hybridized carbons (Fsp3) is 0.385. The van der Waals surface area contributed by atoms with Crippen molar-refractivity contribution in [3.8, 4) is 0 Å². The fourth-order valence-corrected chi connectivity index (χ4v) is 1.88. The summed E-state index contributed by atoms with van der Waals surface area (Å²) in [5.74, 6) is -0.0914. The molecule has 1 N–H and O–H groups in total. The maximum atomic E-state index is 13.6. The van der Waals surface area contributed by atoms with Crippen LogP contribution in [0.1, 0.15) is 31.3 Å². The van der Waals surface area contributed by atoms with Crippen LogP contribution in [0.3, 0.4) is 0 Å². The Balaban J connectivity index is 2.05. The van der Waals surface area contributed by atoms with E-state index in [1.165, 1.54) is 6.07 Å². The molecule has 1 heterocycles. The highest BCUT2D eigenvalue weighted by molar-refractivity contribution is 5.21. The lowest BCUT2D eigenvalue weighted by molar-refractivity contribution is 0.503. The third-order valence-electron chi connectivity index (χ3n) is 3.03. The van der Waals surface area contributed by atoms with Gasteiger partial charge in [-0.25, -0.2) is 8.78 Å². The van der Waals surface area contributed by atoms with Gasteiger partial charge in [0.15, 0.2) is 0 Å². The monoisotopic (exact) mass is 266 g/mol. The summed E-state index contributed by atoms with van der Waals surface area (Å²) in [5, 5.41) is 10.9. The van der Waals surface area contributed by atoms with Crippen molar-refractivity contribution in [1.29, 1.82) is 0 Å². The van der Waals surface area contributed by atoms with Crippen LogP contribution in [0.4, 0.5) is 8.78 Å². The third-order valence-corrected chi connectivity index (χ3v) is 3.03. The number of aromatic nitrogens is 3. The molecule has 0 spiro atoms. The summed E-state index contributed by atoms with van der Waals surface area (Å²) < 4.78 is 28.6. The van der Waals surface area contributed by atoms with Crippen molar-refractivity contribution in [2.24, 2.45) is 0 Å². The van der Waals surface area contributed by atoms with E-state index in [4.69, 9.17) is 0 Å². The first-order chi connectivity index (χ1) is 9.11. The van der Waals surface area contributed by atoms with Crippen LogP contribution in [0.5, 0.6) is 0 Å². The molecule has 19 heavy (non-hydrogen) atoms. The van der Waals surface area contributed by atoms with Crippen LogP contribution in [-0.4, -0.2) is 14.8 Å². The average Bonchev–Trinajstić information content (AvgIpc) is 2.86. The Hall–Kier alpha value is -1.82. The lowest BCUT2D eigenvalue weighted by Crippen LogP contribution is -2.21. The predicted octanol–water partition coefficient (Wildman–Crippen LogP) is 2.43. The Kier molecular flexibility index (Phi) is 4.21. The van der Waals surface area contributed by atoms with E-state index in [1.807, 2.05) is 11.5 Å². The maximum absolute atomic E-state index is 13.6. The second-order valence-corrected chi connectivity index (χ2v) is 4.30. The molecule has 102 valence electrons. The van der Waals surface area contributed by atoms with Gasteiger partial charge in [0.25, 0.3) is 0 Å². The zero-order valence-corrected chi connectivity index (χ0v) is 10.9. The summed E-state index contributed by atoms with van der Waals surface area (Å²) in [4.78, 5) is 0. The van der Waals surface area contributed by atoms with E-state index < -0.39 is 11.6 Å². The van der Waals surface area contributed by atoms with Crippen LogP contribution in [-0.2, 0) is 13.1 Å². The SMILES string of the molecule is CCn1cnnc1CNC(C)c1cc(F)ccc1F. The smallest absolute Gasteiger partial charge is 0.146 e. The standard InChI is InChI=1S/C13H16F2N4/c1-3-19-8-17-18-13(19)7-16-9(2)11-6-10(14)4-5-12(11)15/h4-6,8-9,16H,3,7H2,1-2H3. The lowest BCUT2D eigenvalue weighted by atomic mass is 10.1. The molecule has 6 heteroatoms. The van der Waals surface area contributed by atoms with Gasteiger partial charge in [0, 0.05) is 18.2 Å². The van der Waals surface area contributed by atoms with E-state index in [0.717, 1.165) is 24.5 Å². The van der Waals surface area contributed by atoms with Crippen LogP contribution in [0, 0.1) is 11.6 Å². The molecule has 1 atom stereocenters. The largest absolute Gasteiger partial charge is 0.317 e. The number of nitrogens with one attached hydrogen (secondary N) is 1. The molecule has 0 saturated heterocycles. The molecule has 0 aliphatic heterocycles. The second-order valence-electron chi connectivity index (χ2n) is 4.30. The van der Waals surface area contributed by atoms with Gasteiger partial charge in [-0.1, -0.05) is 0 Å². The lowest BCUT2D eigenvalue weighted by Gasteiger charge is -2.15. The van der Waals surface area contributed by atoms with Crippen LogP contribution in [0.25, 0.3) is 0 Å². The van der Waals surface area contributed by atoms with Crippen molar-refractivity contribution in [3.05, 3.63) is 47.5 Å². The molecule has 0 fully saturated rings. The van der Waals surface area contributed by atoms with Gasteiger partial charge in [-0.2, -0.15) is 0 Å². The van der Waals surface area contributed by atoms with Crippen molar-refractivity contribution < 1.29 is 8.78 Å². The minimum atomic E-state index is -0.443. The molecule has 0 saturated carbocycles. The highest BCUT2D eigenvalue weighted by atomic mass is 19.1. The van der Waals surface area contributed by atoms with E-state index in [2.05, 4.69) is 15.5 Å². The third kappa shape index (κ3) is 3.14. The summed E-state index contributed by atoms with van der Waals surface area (Å²) in [6, 6.07) is 3.14. The molecule has 0 bridgehead atoms. The first kappa shape index (κ1) is 13.6. The molecule has 0 aliphatic rings. The van der Waals surface area contributed by atoms with Gasteiger partial charge in [-0.3, -0.25) is 0 Å². The maximum Gasteiger partial charge on any atom is 0.146 e. The number of hydrogen-bond acceptors (Lipinski definition) is 3. The van der Waals surface area contributed by atoms with E-state index in [-0.39, 0.29) is 6.04 Å². The summed E-state index contributed by atoms with van der Waals surface area (Å²) in [5.41, 5.74) is 0.308. The quantitative estimate of drug-likeness (QED) is 0.903. The van der Waals surface area contributed by atoms with Gasteiger partial charge >= 0.3 is 0 Å². The summed E-state index contributed by atoms with van der Waals surface area (Å²) in [6.45, 7) is 4.99. The van der Waals surface area contributed by atoms with E-state index in [9.17, 15) is 8.78 Å². The topological polar surface area (TPSA) is 42.7 Å². The van der Waals surface area contributed by atoms with Gasteiger partial charge in [-0.15, -0.1) is 10.2 Å². The molecule has 0 radical (unpaired) electrons. The highest BCUT2D eigenvalue weighted by Gasteiger charge is 2.12. The molecular formula is C13H16F2N4. The first-order valence-electron chi connectivity index (χ1n) is 6.16. The molecule has 2 rings (SSSR count). The van der Waals surface area contributed by atoms with Gasteiger partial charge in [-0.05, 0) is 32.0 Å². The van der Waals surface area contributed by atoms with Crippen molar-refractivity contribution in [1.82, 2.24) is 20.1 Å². The minimum absolute atomic E-state index is 0.308. The van der Waals surface area contributed by atoms with Crippen LogP contribution < -0.4 is 5.32 Å². The van der Waals surface area contributed by atoms with E-state index >= 15 is 0 Å². The predicted molar refractivity (Wildman–Crippen MR) is 67.3 cm³/mol. The van der Waals surface area contributed by atoms with Gasteiger partial charge < -0.3 is 9.88 Å². The molecule has 2 aromatic rings. The van der Waals surface area contributed by atoms with Gasteiger partial charge in [0.05, 0.1) is 6.54 Å². The van der Waals surface area contributed by atoms with Crippen LogP contribution >= 0.6 is 0 Å². The van der Waals surface area contributed by atoms with E-state index in [1.54, 1.807) is 13.3 Å². The van der Waals surface area contributed by atoms with Crippen molar-refractivity contribution in [3.63, 3.8) is 0 Å². The second kappa shape index (κ2) is 5.88. The molecular weight excluding hydrogens is 250 g/mol. The number of nitrogens with zero attached hydrogens (tertiary/aromatic N) is 3. The number of hydrogen-bond donors (Lipinski definition) is 1. The molecule has 1 unspecified atom stereocenters. The zero-order chi connectivity index (χ0) is 13.8. The molecule has 4 nitrogen and oxygen atoms in total. The number of benzene rings is 1. The Morgan fingerprint density at radius 3 is 2.89 bits per heavy atom. The number of halogens is 2. The number of aryl methyl sites for hydroxylation is 1. The first-order valence-corrected chi connectivity index (χ1v) is 6.16. The summed E-state index contributed by atoms with van der Waals surface area (Å²) >= 11 is 0. The normalized spacial score (nSPS) is 12.6. The molecule has 1 aromatic carbocycles.